The van der Waals surface area contributed by atoms with Crippen LogP contribution in [0.5, 0.6) is 0 Å². The van der Waals surface area contributed by atoms with Crippen molar-refractivity contribution in [1.82, 2.24) is 0 Å². The zero-order valence-corrected chi connectivity index (χ0v) is 13.8. The van der Waals surface area contributed by atoms with Gasteiger partial charge in [0.25, 0.3) is 0 Å². The van der Waals surface area contributed by atoms with Crippen molar-refractivity contribution in [2.45, 2.75) is 77.0 Å². The Labute approximate surface area is 138 Å². The van der Waals surface area contributed by atoms with Gasteiger partial charge in [0.15, 0.2) is 0 Å². The zero-order valence-electron chi connectivity index (χ0n) is 13.8. The Hall–Kier alpha value is -1.78. The summed E-state index contributed by atoms with van der Waals surface area (Å²) < 4.78 is 3.08. The first kappa shape index (κ1) is 19.3. The molecule has 2 rings (SSSR count). The second-order valence-corrected chi connectivity index (χ2v) is 6.00. The number of carboxylic acid groups (broad SMARTS) is 2. The van der Waals surface area contributed by atoms with E-state index in [2.05, 4.69) is 16.9 Å². The summed E-state index contributed by atoms with van der Waals surface area (Å²) in [5.74, 6) is 0. The molecule has 2 aliphatic carbocycles. The SMILES string of the molecule is C1=C(\C2=C\CCCCCC2)CCCCCC/1.O=C(O)OC(=O)O. The summed E-state index contributed by atoms with van der Waals surface area (Å²) in [6.45, 7) is 0. The maximum atomic E-state index is 9.21. The molecule has 0 amide bonds. The molecule has 2 aliphatic rings. The van der Waals surface area contributed by atoms with E-state index in [1.165, 1.54) is 77.0 Å². The fraction of sp³-hybridized carbons (Fsp3) is 0.667. The van der Waals surface area contributed by atoms with E-state index >= 15 is 0 Å². The minimum atomic E-state index is -1.81. The highest BCUT2D eigenvalue weighted by atomic mass is 16.7. The Balaban J connectivity index is 0.000000322. The van der Waals surface area contributed by atoms with Gasteiger partial charge in [0.2, 0.25) is 0 Å². The van der Waals surface area contributed by atoms with Gasteiger partial charge in [0.1, 0.15) is 0 Å². The zero-order chi connectivity index (χ0) is 16.9. The third-order valence-corrected chi connectivity index (χ3v) is 4.17. The Morgan fingerprint density at radius 1 is 0.696 bits per heavy atom. The van der Waals surface area contributed by atoms with Crippen LogP contribution in [-0.2, 0) is 4.74 Å². The molecule has 0 unspecified atom stereocenters. The summed E-state index contributed by atoms with van der Waals surface area (Å²) in [5, 5.41) is 15.0. The van der Waals surface area contributed by atoms with Crippen LogP contribution in [0.1, 0.15) is 77.0 Å². The lowest BCUT2D eigenvalue weighted by molar-refractivity contribution is 0.0802. The number of rotatable bonds is 1. The van der Waals surface area contributed by atoms with Crippen molar-refractivity contribution in [2.24, 2.45) is 0 Å². The monoisotopic (exact) mass is 324 g/mol. The van der Waals surface area contributed by atoms with Crippen LogP contribution in [0.3, 0.4) is 0 Å². The van der Waals surface area contributed by atoms with Crippen LogP contribution in [0.25, 0.3) is 0 Å². The summed E-state index contributed by atoms with van der Waals surface area (Å²) >= 11 is 0. The molecule has 0 aromatic heterocycles. The summed E-state index contributed by atoms with van der Waals surface area (Å²) in [5.41, 5.74) is 3.42. The fourth-order valence-corrected chi connectivity index (χ4v) is 3.04. The minimum absolute atomic E-state index is 1.33. The number of allylic oxidation sites excluding steroid dienone is 4. The molecule has 0 saturated carbocycles. The van der Waals surface area contributed by atoms with Crippen molar-refractivity contribution in [2.75, 3.05) is 0 Å². The van der Waals surface area contributed by atoms with Crippen LogP contribution >= 0.6 is 0 Å². The van der Waals surface area contributed by atoms with E-state index in [-0.39, 0.29) is 0 Å². The predicted octanol–water partition coefficient (Wildman–Crippen LogP) is 5.91. The van der Waals surface area contributed by atoms with E-state index in [1.54, 1.807) is 11.1 Å². The third-order valence-electron chi connectivity index (χ3n) is 4.17. The predicted molar refractivity (Wildman–Crippen MR) is 88.7 cm³/mol. The maximum absolute atomic E-state index is 9.21. The van der Waals surface area contributed by atoms with Gasteiger partial charge < -0.3 is 14.9 Å². The number of hydrogen-bond acceptors (Lipinski definition) is 3. The van der Waals surface area contributed by atoms with E-state index in [0.717, 1.165) is 0 Å². The van der Waals surface area contributed by atoms with E-state index < -0.39 is 12.3 Å². The van der Waals surface area contributed by atoms with Crippen LogP contribution in [-0.4, -0.2) is 22.5 Å². The largest absolute Gasteiger partial charge is 0.516 e. The molecule has 0 bridgehead atoms. The van der Waals surface area contributed by atoms with E-state index in [9.17, 15) is 9.59 Å². The Bertz CT molecular complexity index is 397. The van der Waals surface area contributed by atoms with Crippen molar-refractivity contribution in [3.05, 3.63) is 23.3 Å². The van der Waals surface area contributed by atoms with Gasteiger partial charge in [-0.2, -0.15) is 0 Å². The summed E-state index contributed by atoms with van der Waals surface area (Å²) in [6, 6.07) is 0. The minimum Gasteiger partial charge on any atom is -0.449 e. The summed E-state index contributed by atoms with van der Waals surface area (Å²) in [6.07, 6.45) is 18.3. The number of carbonyl (C=O) groups is 2. The van der Waals surface area contributed by atoms with Crippen LogP contribution in [0, 0.1) is 0 Å². The van der Waals surface area contributed by atoms with E-state index in [1.807, 2.05) is 0 Å². The molecule has 0 fully saturated rings. The lowest BCUT2D eigenvalue weighted by atomic mass is 9.89. The molecule has 2 N–H and O–H groups in total. The molecule has 0 aromatic rings. The number of hydrogen-bond donors (Lipinski definition) is 2. The molecule has 5 nitrogen and oxygen atoms in total. The first-order valence-electron chi connectivity index (χ1n) is 8.61. The second-order valence-electron chi connectivity index (χ2n) is 6.00. The Kier molecular flexibility index (Phi) is 9.84. The molecular formula is C18H28O5. The van der Waals surface area contributed by atoms with Gasteiger partial charge in [0.05, 0.1) is 0 Å². The van der Waals surface area contributed by atoms with E-state index in [0.29, 0.717) is 0 Å². The highest BCUT2D eigenvalue weighted by Crippen LogP contribution is 2.28. The van der Waals surface area contributed by atoms with E-state index in [4.69, 9.17) is 10.2 Å². The smallest absolute Gasteiger partial charge is 0.449 e. The van der Waals surface area contributed by atoms with Crippen molar-refractivity contribution in [1.29, 1.82) is 0 Å². The maximum Gasteiger partial charge on any atom is 0.516 e. The molecule has 0 saturated heterocycles. The molecule has 0 aromatic carbocycles. The first-order chi connectivity index (χ1) is 11.1. The van der Waals surface area contributed by atoms with Crippen molar-refractivity contribution >= 4 is 12.3 Å². The highest BCUT2D eigenvalue weighted by Gasteiger charge is 2.08. The van der Waals surface area contributed by atoms with Gasteiger partial charge in [-0.3, -0.25) is 0 Å². The number of ether oxygens (including phenoxy) is 1. The van der Waals surface area contributed by atoms with Gasteiger partial charge in [-0.15, -0.1) is 0 Å². The lowest BCUT2D eigenvalue weighted by Crippen LogP contribution is -2.05. The third kappa shape index (κ3) is 9.76. The molecule has 0 heterocycles. The van der Waals surface area contributed by atoms with Crippen molar-refractivity contribution in [3.8, 4) is 0 Å². The summed E-state index contributed by atoms with van der Waals surface area (Å²) in [4.78, 5) is 18.4. The standard InChI is InChI=1S/C16H26.C2H2O5/c1-3-7-11-15(12-8-4-1)16-13-9-5-2-6-10-14-16;3-1(4)7-2(5)6/h11,13H,1-10,12,14H2;(H,3,4)(H,5,6)/b15-11-,16-13+;. The molecule has 0 aliphatic heterocycles. The topological polar surface area (TPSA) is 83.8 Å². The fourth-order valence-electron chi connectivity index (χ4n) is 3.04. The van der Waals surface area contributed by atoms with Crippen LogP contribution in [0.2, 0.25) is 0 Å². The van der Waals surface area contributed by atoms with Crippen LogP contribution < -0.4 is 0 Å². The van der Waals surface area contributed by atoms with Gasteiger partial charge in [-0.05, 0) is 62.5 Å². The molecule has 0 atom stereocenters. The quantitative estimate of drug-likeness (QED) is 0.463. The second kappa shape index (κ2) is 11.7. The molecule has 0 radical (unpaired) electrons. The molecular weight excluding hydrogens is 296 g/mol. The highest BCUT2D eigenvalue weighted by molar-refractivity contribution is 5.74. The van der Waals surface area contributed by atoms with Gasteiger partial charge in [-0.25, -0.2) is 9.59 Å². The van der Waals surface area contributed by atoms with Gasteiger partial charge in [0, 0.05) is 0 Å². The molecule has 0 spiro atoms. The van der Waals surface area contributed by atoms with Gasteiger partial charge in [-0.1, -0.05) is 37.8 Å². The normalized spacial score (nSPS) is 23.8. The van der Waals surface area contributed by atoms with Crippen molar-refractivity contribution in [3.63, 3.8) is 0 Å². The average molecular weight is 324 g/mol. The average Bonchev–Trinajstić information content (AvgIpc) is 2.38. The molecule has 23 heavy (non-hydrogen) atoms. The van der Waals surface area contributed by atoms with Crippen LogP contribution in [0.15, 0.2) is 23.3 Å². The van der Waals surface area contributed by atoms with Crippen molar-refractivity contribution < 1.29 is 24.5 Å². The summed E-state index contributed by atoms with van der Waals surface area (Å²) in [7, 11) is 0. The first-order valence-corrected chi connectivity index (χ1v) is 8.61. The Morgan fingerprint density at radius 3 is 1.43 bits per heavy atom. The molecule has 130 valence electrons. The molecule has 5 heteroatoms. The Morgan fingerprint density at radius 2 is 1.09 bits per heavy atom. The lowest BCUT2D eigenvalue weighted by Gasteiger charge is -2.17. The van der Waals surface area contributed by atoms with Gasteiger partial charge >= 0.3 is 12.3 Å². The van der Waals surface area contributed by atoms with Crippen LogP contribution in [0.4, 0.5) is 9.59 Å².